The molecule has 23 heavy (non-hydrogen) atoms. The number of rotatable bonds is 5. The second-order valence-corrected chi connectivity index (χ2v) is 7.19. The zero-order valence-electron chi connectivity index (χ0n) is 12.7. The van der Waals surface area contributed by atoms with Crippen LogP contribution in [0, 0.1) is 0 Å². The van der Waals surface area contributed by atoms with Gasteiger partial charge in [0.05, 0.1) is 16.3 Å². The summed E-state index contributed by atoms with van der Waals surface area (Å²) in [6, 6.07) is 16.7. The fraction of sp³-hybridized carbons (Fsp3) is 0.118. The molecule has 3 aromatic rings. The number of nitrogens with one attached hydrogen (secondary N) is 1. The standard InChI is InChI=1S/C17H17N3O2S/c1-23(21,22)17-10-5-3-8-15(17)18-13-14-7-2-4-9-16(14)20-12-6-11-19-20/h2-12,18H,13H2,1H3. The highest BCUT2D eigenvalue weighted by molar-refractivity contribution is 7.90. The lowest BCUT2D eigenvalue weighted by Gasteiger charge is -2.13. The predicted molar refractivity (Wildman–Crippen MR) is 90.4 cm³/mol. The molecule has 1 aromatic heterocycles. The molecule has 1 N–H and O–H groups in total. The maximum Gasteiger partial charge on any atom is 0.177 e. The van der Waals surface area contributed by atoms with Gasteiger partial charge in [-0.25, -0.2) is 13.1 Å². The van der Waals surface area contributed by atoms with Gasteiger partial charge >= 0.3 is 0 Å². The highest BCUT2D eigenvalue weighted by Gasteiger charge is 2.12. The van der Waals surface area contributed by atoms with E-state index < -0.39 is 9.84 Å². The quantitative estimate of drug-likeness (QED) is 0.782. The van der Waals surface area contributed by atoms with E-state index in [1.165, 1.54) is 6.26 Å². The van der Waals surface area contributed by atoms with Gasteiger partial charge in [-0.3, -0.25) is 0 Å². The number of benzene rings is 2. The average molecular weight is 327 g/mol. The second-order valence-electron chi connectivity index (χ2n) is 5.20. The topological polar surface area (TPSA) is 64.0 Å². The predicted octanol–water partition coefficient (Wildman–Crippen LogP) is 2.89. The Kier molecular flexibility index (Phi) is 4.16. The van der Waals surface area contributed by atoms with Gasteiger partial charge in [0.25, 0.3) is 0 Å². The Bertz CT molecular complexity index is 903. The maximum atomic E-state index is 11.9. The first-order valence-electron chi connectivity index (χ1n) is 7.16. The molecule has 0 aliphatic carbocycles. The van der Waals surface area contributed by atoms with Crippen LogP contribution in [0.1, 0.15) is 5.56 Å². The highest BCUT2D eigenvalue weighted by Crippen LogP contribution is 2.22. The van der Waals surface area contributed by atoms with Crippen molar-refractivity contribution >= 4 is 15.5 Å². The van der Waals surface area contributed by atoms with Crippen LogP contribution in [0.15, 0.2) is 71.9 Å². The van der Waals surface area contributed by atoms with Crippen LogP contribution < -0.4 is 5.32 Å². The second kappa shape index (κ2) is 6.26. The van der Waals surface area contributed by atoms with E-state index in [2.05, 4.69) is 10.4 Å². The van der Waals surface area contributed by atoms with Crippen LogP contribution in [0.5, 0.6) is 0 Å². The zero-order chi connectivity index (χ0) is 16.3. The summed E-state index contributed by atoms with van der Waals surface area (Å²) in [5, 5.41) is 7.47. The molecule has 6 heteroatoms. The lowest BCUT2D eigenvalue weighted by molar-refractivity contribution is 0.602. The van der Waals surface area contributed by atoms with Crippen molar-refractivity contribution < 1.29 is 8.42 Å². The minimum atomic E-state index is -3.27. The lowest BCUT2D eigenvalue weighted by Crippen LogP contribution is -2.08. The first-order chi connectivity index (χ1) is 11.1. The lowest BCUT2D eigenvalue weighted by atomic mass is 10.1. The van der Waals surface area contributed by atoms with E-state index in [1.54, 1.807) is 29.1 Å². The Morgan fingerprint density at radius 2 is 1.78 bits per heavy atom. The van der Waals surface area contributed by atoms with E-state index in [9.17, 15) is 8.42 Å². The summed E-state index contributed by atoms with van der Waals surface area (Å²) >= 11 is 0. The Morgan fingerprint density at radius 1 is 1.04 bits per heavy atom. The van der Waals surface area contributed by atoms with Gasteiger partial charge in [0, 0.05) is 25.2 Å². The summed E-state index contributed by atoms with van der Waals surface area (Å²) in [7, 11) is -3.27. The van der Waals surface area contributed by atoms with Crippen LogP contribution in [-0.4, -0.2) is 24.5 Å². The van der Waals surface area contributed by atoms with Crippen molar-refractivity contribution in [3.63, 3.8) is 0 Å². The van der Waals surface area contributed by atoms with Gasteiger partial charge in [-0.05, 0) is 29.8 Å². The summed E-state index contributed by atoms with van der Waals surface area (Å²) < 4.78 is 25.5. The molecule has 0 bridgehead atoms. The number of para-hydroxylation sites is 2. The molecule has 0 atom stereocenters. The molecule has 0 amide bonds. The Morgan fingerprint density at radius 3 is 2.52 bits per heavy atom. The van der Waals surface area contributed by atoms with Gasteiger partial charge < -0.3 is 5.32 Å². The molecule has 0 aliphatic heterocycles. The van der Waals surface area contributed by atoms with Gasteiger partial charge in [0.1, 0.15) is 0 Å². The number of hydrogen-bond acceptors (Lipinski definition) is 4. The molecule has 0 aliphatic rings. The van der Waals surface area contributed by atoms with Crippen molar-refractivity contribution in [2.75, 3.05) is 11.6 Å². The van der Waals surface area contributed by atoms with Crippen LogP contribution in [0.4, 0.5) is 5.69 Å². The van der Waals surface area contributed by atoms with Crippen LogP contribution in [0.25, 0.3) is 5.69 Å². The summed E-state index contributed by atoms with van der Waals surface area (Å²) in [5.74, 6) is 0. The normalized spacial score (nSPS) is 11.3. The van der Waals surface area contributed by atoms with Gasteiger partial charge in [-0.2, -0.15) is 5.10 Å². The Hall–Kier alpha value is -2.60. The van der Waals surface area contributed by atoms with Gasteiger partial charge in [-0.15, -0.1) is 0 Å². The molecule has 1 heterocycles. The largest absolute Gasteiger partial charge is 0.380 e. The fourth-order valence-electron chi connectivity index (χ4n) is 2.42. The van der Waals surface area contributed by atoms with E-state index in [1.807, 2.05) is 42.6 Å². The SMILES string of the molecule is CS(=O)(=O)c1ccccc1NCc1ccccc1-n1cccn1. The van der Waals surface area contributed by atoms with Crippen molar-refractivity contribution in [3.05, 3.63) is 72.6 Å². The first kappa shape index (κ1) is 15.3. The molecular formula is C17H17N3O2S. The molecule has 0 fully saturated rings. The van der Waals surface area contributed by atoms with E-state index in [0.717, 1.165) is 11.3 Å². The Labute approximate surface area is 135 Å². The summed E-state index contributed by atoms with van der Waals surface area (Å²) in [6.45, 7) is 0.503. The minimum Gasteiger partial charge on any atom is -0.380 e. The minimum absolute atomic E-state index is 0.302. The number of sulfone groups is 1. The zero-order valence-corrected chi connectivity index (χ0v) is 13.5. The van der Waals surface area contributed by atoms with Crippen LogP contribution >= 0.6 is 0 Å². The van der Waals surface area contributed by atoms with Crippen molar-refractivity contribution in [3.8, 4) is 5.69 Å². The number of aromatic nitrogens is 2. The monoisotopic (exact) mass is 327 g/mol. The molecule has 0 unspecified atom stereocenters. The van der Waals surface area contributed by atoms with E-state index in [4.69, 9.17) is 0 Å². The molecule has 0 spiro atoms. The summed E-state index contributed by atoms with van der Waals surface area (Å²) in [4.78, 5) is 0.302. The van der Waals surface area contributed by atoms with Crippen molar-refractivity contribution in [2.45, 2.75) is 11.4 Å². The molecule has 3 rings (SSSR count). The van der Waals surface area contributed by atoms with E-state index >= 15 is 0 Å². The molecule has 5 nitrogen and oxygen atoms in total. The number of anilines is 1. The van der Waals surface area contributed by atoms with Gasteiger partial charge in [0.15, 0.2) is 9.84 Å². The molecule has 0 saturated carbocycles. The van der Waals surface area contributed by atoms with Crippen molar-refractivity contribution in [1.29, 1.82) is 0 Å². The third-order valence-corrected chi connectivity index (χ3v) is 4.65. The van der Waals surface area contributed by atoms with Crippen molar-refractivity contribution in [2.24, 2.45) is 0 Å². The van der Waals surface area contributed by atoms with E-state index in [0.29, 0.717) is 17.1 Å². The summed E-state index contributed by atoms with van der Waals surface area (Å²) in [6.07, 6.45) is 4.82. The van der Waals surface area contributed by atoms with Crippen LogP contribution in [0.2, 0.25) is 0 Å². The Balaban J connectivity index is 1.89. The molecule has 0 radical (unpaired) electrons. The van der Waals surface area contributed by atoms with Crippen LogP contribution in [-0.2, 0) is 16.4 Å². The molecule has 118 valence electrons. The summed E-state index contributed by atoms with van der Waals surface area (Å²) in [5.41, 5.74) is 2.59. The average Bonchev–Trinajstić information content (AvgIpc) is 3.07. The first-order valence-corrected chi connectivity index (χ1v) is 9.06. The smallest absolute Gasteiger partial charge is 0.177 e. The fourth-order valence-corrected chi connectivity index (χ4v) is 3.29. The molecule has 0 saturated heterocycles. The number of hydrogen-bond donors (Lipinski definition) is 1. The van der Waals surface area contributed by atoms with Gasteiger partial charge in [0.2, 0.25) is 0 Å². The third-order valence-electron chi connectivity index (χ3n) is 3.50. The molecule has 2 aromatic carbocycles. The number of nitrogens with zero attached hydrogens (tertiary/aromatic N) is 2. The molecular weight excluding hydrogens is 310 g/mol. The van der Waals surface area contributed by atoms with E-state index in [-0.39, 0.29) is 0 Å². The van der Waals surface area contributed by atoms with Crippen molar-refractivity contribution in [1.82, 2.24) is 9.78 Å². The maximum absolute atomic E-state index is 11.9. The third kappa shape index (κ3) is 3.43. The van der Waals surface area contributed by atoms with Crippen LogP contribution in [0.3, 0.4) is 0 Å². The highest BCUT2D eigenvalue weighted by atomic mass is 32.2. The van der Waals surface area contributed by atoms with Gasteiger partial charge in [-0.1, -0.05) is 30.3 Å².